The zero-order valence-electron chi connectivity index (χ0n) is 12.9. The van der Waals surface area contributed by atoms with Crippen molar-refractivity contribution in [3.05, 3.63) is 35.4 Å². The van der Waals surface area contributed by atoms with E-state index < -0.39 is 0 Å². The first-order valence-electron chi connectivity index (χ1n) is 7.34. The summed E-state index contributed by atoms with van der Waals surface area (Å²) in [4.78, 5) is 0. The van der Waals surface area contributed by atoms with Crippen LogP contribution in [0.15, 0.2) is 18.5 Å². The molecule has 0 fully saturated rings. The lowest BCUT2D eigenvalue weighted by Crippen LogP contribution is -2.18. The standard InChI is InChI=1S/C15H25N5/c1-5-19-11-14(13(4)18-19)8-16-9-15-6-7-17-20(15)10-12(2)3/h6-7,11-12,16H,5,8-10H2,1-4H3. The summed E-state index contributed by atoms with van der Waals surface area (Å²) in [6, 6.07) is 2.08. The SMILES string of the molecule is CCn1cc(CNCc2ccnn2CC(C)C)c(C)n1. The van der Waals surface area contributed by atoms with E-state index in [1.165, 1.54) is 11.3 Å². The van der Waals surface area contributed by atoms with E-state index in [-0.39, 0.29) is 0 Å². The number of aryl methyl sites for hydroxylation is 2. The topological polar surface area (TPSA) is 47.7 Å². The molecule has 5 heteroatoms. The summed E-state index contributed by atoms with van der Waals surface area (Å²) in [5.74, 6) is 0.610. The van der Waals surface area contributed by atoms with Gasteiger partial charge >= 0.3 is 0 Å². The van der Waals surface area contributed by atoms with E-state index >= 15 is 0 Å². The molecule has 2 aromatic rings. The van der Waals surface area contributed by atoms with Crippen molar-refractivity contribution in [3.8, 4) is 0 Å². The second kappa shape index (κ2) is 6.70. The lowest BCUT2D eigenvalue weighted by atomic mass is 10.2. The maximum Gasteiger partial charge on any atom is 0.0638 e. The number of nitrogens with one attached hydrogen (secondary N) is 1. The van der Waals surface area contributed by atoms with Gasteiger partial charge in [-0.25, -0.2) is 0 Å². The quantitative estimate of drug-likeness (QED) is 0.844. The number of nitrogens with zero attached hydrogens (tertiary/aromatic N) is 4. The Balaban J connectivity index is 1.89. The fourth-order valence-corrected chi connectivity index (χ4v) is 2.24. The van der Waals surface area contributed by atoms with Gasteiger partial charge in [-0.3, -0.25) is 9.36 Å². The highest BCUT2D eigenvalue weighted by atomic mass is 15.3. The van der Waals surface area contributed by atoms with E-state index in [9.17, 15) is 0 Å². The molecule has 0 unspecified atom stereocenters. The molecular formula is C15H25N5. The first-order chi connectivity index (χ1) is 9.60. The Morgan fingerprint density at radius 2 is 2.10 bits per heavy atom. The molecule has 2 rings (SSSR count). The van der Waals surface area contributed by atoms with Crippen LogP contribution in [0.4, 0.5) is 0 Å². The predicted octanol–water partition coefficient (Wildman–Crippen LogP) is 2.35. The monoisotopic (exact) mass is 275 g/mol. The second-order valence-corrected chi connectivity index (χ2v) is 5.60. The zero-order chi connectivity index (χ0) is 14.5. The van der Waals surface area contributed by atoms with Gasteiger partial charge in [-0.1, -0.05) is 13.8 Å². The maximum absolute atomic E-state index is 4.46. The van der Waals surface area contributed by atoms with Crippen LogP contribution in [-0.2, 0) is 26.2 Å². The molecule has 0 aliphatic rings. The lowest BCUT2D eigenvalue weighted by molar-refractivity contribution is 0.461. The molecule has 0 radical (unpaired) electrons. The Bertz CT molecular complexity index is 538. The third-order valence-corrected chi connectivity index (χ3v) is 3.34. The van der Waals surface area contributed by atoms with Crippen LogP contribution in [0.2, 0.25) is 0 Å². The van der Waals surface area contributed by atoms with Gasteiger partial charge in [-0.15, -0.1) is 0 Å². The molecule has 0 aliphatic heterocycles. The molecule has 0 saturated carbocycles. The van der Waals surface area contributed by atoms with E-state index in [2.05, 4.69) is 60.2 Å². The Morgan fingerprint density at radius 3 is 2.75 bits per heavy atom. The molecule has 0 atom stereocenters. The molecule has 20 heavy (non-hydrogen) atoms. The van der Waals surface area contributed by atoms with Crippen molar-refractivity contribution in [2.45, 2.75) is 53.9 Å². The Hall–Kier alpha value is -1.62. The minimum atomic E-state index is 0.610. The molecule has 0 saturated heterocycles. The van der Waals surface area contributed by atoms with Crippen molar-refractivity contribution in [2.24, 2.45) is 5.92 Å². The van der Waals surface area contributed by atoms with Gasteiger partial charge in [0, 0.05) is 44.1 Å². The van der Waals surface area contributed by atoms with Crippen LogP contribution in [0.1, 0.15) is 37.7 Å². The normalized spacial score (nSPS) is 11.4. The highest BCUT2D eigenvalue weighted by molar-refractivity contribution is 5.15. The summed E-state index contributed by atoms with van der Waals surface area (Å²) < 4.78 is 4.06. The molecule has 5 nitrogen and oxygen atoms in total. The molecule has 0 amide bonds. The second-order valence-electron chi connectivity index (χ2n) is 5.60. The van der Waals surface area contributed by atoms with Crippen molar-refractivity contribution in [1.82, 2.24) is 24.9 Å². The van der Waals surface area contributed by atoms with Crippen LogP contribution in [0, 0.1) is 12.8 Å². The maximum atomic E-state index is 4.46. The summed E-state index contributed by atoms with van der Waals surface area (Å²) in [6.45, 7) is 12.2. The van der Waals surface area contributed by atoms with Crippen molar-refractivity contribution in [1.29, 1.82) is 0 Å². The average molecular weight is 275 g/mol. The van der Waals surface area contributed by atoms with Crippen molar-refractivity contribution in [2.75, 3.05) is 0 Å². The van der Waals surface area contributed by atoms with Gasteiger partial charge in [0.1, 0.15) is 0 Å². The molecular weight excluding hydrogens is 250 g/mol. The Labute approximate surface area is 121 Å². The number of aromatic nitrogens is 4. The summed E-state index contributed by atoms with van der Waals surface area (Å²) in [5.41, 5.74) is 3.61. The summed E-state index contributed by atoms with van der Waals surface area (Å²) in [5, 5.41) is 12.3. The molecule has 2 heterocycles. The number of hydrogen-bond acceptors (Lipinski definition) is 3. The van der Waals surface area contributed by atoms with Crippen LogP contribution in [0.5, 0.6) is 0 Å². The van der Waals surface area contributed by atoms with E-state index in [0.717, 1.165) is 31.9 Å². The largest absolute Gasteiger partial charge is 0.307 e. The average Bonchev–Trinajstić information content (AvgIpc) is 2.97. The molecule has 1 N–H and O–H groups in total. The fourth-order valence-electron chi connectivity index (χ4n) is 2.24. The van der Waals surface area contributed by atoms with Crippen LogP contribution in [-0.4, -0.2) is 19.6 Å². The zero-order valence-corrected chi connectivity index (χ0v) is 12.9. The Morgan fingerprint density at radius 1 is 1.30 bits per heavy atom. The minimum Gasteiger partial charge on any atom is -0.307 e. The third-order valence-electron chi connectivity index (χ3n) is 3.34. The molecule has 2 aromatic heterocycles. The predicted molar refractivity (Wildman–Crippen MR) is 80.2 cm³/mol. The van der Waals surface area contributed by atoms with Crippen LogP contribution in [0.25, 0.3) is 0 Å². The fraction of sp³-hybridized carbons (Fsp3) is 0.600. The molecule has 0 bridgehead atoms. The first-order valence-corrected chi connectivity index (χ1v) is 7.34. The molecule has 0 aliphatic carbocycles. The molecule has 0 spiro atoms. The highest BCUT2D eigenvalue weighted by Gasteiger charge is 2.06. The number of rotatable bonds is 7. The first kappa shape index (κ1) is 14.8. The Kier molecular flexibility index (Phi) is 4.95. The van der Waals surface area contributed by atoms with Crippen molar-refractivity contribution < 1.29 is 0 Å². The van der Waals surface area contributed by atoms with Gasteiger partial charge in [0.15, 0.2) is 0 Å². The van der Waals surface area contributed by atoms with Crippen LogP contribution < -0.4 is 5.32 Å². The minimum absolute atomic E-state index is 0.610. The summed E-state index contributed by atoms with van der Waals surface area (Å²) in [6.07, 6.45) is 3.99. The van der Waals surface area contributed by atoms with E-state index in [0.29, 0.717) is 5.92 Å². The van der Waals surface area contributed by atoms with Gasteiger partial charge in [-0.05, 0) is 25.8 Å². The van der Waals surface area contributed by atoms with Crippen LogP contribution >= 0.6 is 0 Å². The van der Waals surface area contributed by atoms with Gasteiger partial charge < -0.3 is 5.32 Å². The van der Waals surface area contributed by atoms with Gasteiger partial charge in [-0.2, -0.15) is 10.2 Å². The lowest BCUT2D eigenvalue weighted by Gasteiger charge is -2.10. The van der Waals surface area contributed by atoms with E-state index in [1.807, 2.05) is 10.9 Å². The molecule has 0 aromatic carbocycles. The van der Waals surface area contributed by atoms with Gasteiger partial charge in [0.05, 0.1) is 11.4 Å². The highest BCUT2D eigenvalue weighted by Crippen LogP contribution is 2.07. The third kappa shape index (κ3) is 3.70. The summed E-state index contributed by atoms with van der Waals surface area (Å²) in [7, 11) is 0. The van der Waals surface area contributed by atoms with Gasteiger partial charge in [0.25, 0.3) is 0 Å². The molecule has 110 valence electrons. The van der Waals surface area contributed by atoms with Crippen LogP contribution in [0.3, 0.4) is 0 Å². The number of hydrogen-bond donors (Lipinski definition) is 1. The van der Waals surface area contributed by atoms with E-state index in [1.54, 1.807) is 0 Å². The van der Waals surface area contributed by atoms with Gasteiger partial charge in [0.2, 0.25) is 0 Å². The smallest absolute Gasteiger partial charge is 0.0638 e. The summed E-state index contributed by atoms with van der Waals surface area (Å²) >= 11 is 0. The van der Waals surface area contributed by atoms with Crippen molar-refractivity contribution in [3.63, 3.8) is 0 Å². The van der Waals surface area contributed by atoms with E-state index in [4.69, 9.17) is 0 Å². The van der Waals surface area contributed by atoms with Crippen molar-refractivity contribution >= 4 is 0 Å².